The van der Waals surface area contributed by atoms with Crippen LogP contribution in [0.4, 0.5) is 5.69 Å². The van der Waals surface area contributed by atoms with Crippen molar-refractivity contribution in [2.75, 3.05) is 5.32 Å². The Morgan fingerprint density at radius 3 is 2.58 bits per heavy atom. The average Bonchev–Trinajstić information content (AvgIpc) is 2.35. The van der Waals surface area contributed by atoms with Gasteiger partial charge in [-0.05, 0) is 32.0 Å². The van der Waals surface area contributed by atoms with Crippen molar-refractivity contribution in [3.63, 3.8) is 0 Å². The van der Waals surface area contributed by atoms with Crippen LogP contribution in [0, 0.1) is 13.8 Å². The maximum Gasteiger partial charge on any atom is 0.348 e. The van der Waals surface area contributed by atoms with Crippen molar-refractivity contribution in [2.45, 2.75) is 20.4 Å². The van der Waals surface area contributed by atoms with Crippen LogP contribution in [-0.4, -0.2) is 15.5 Å². The molecule has 2 rings (SSSR count). The number of nitrogens with zero attached hydrogens (tertiary/aromatic N) is 2. The van der Waals surface area contributed by atoms with E-state index in [0.717, 1.165) is 5.69 Å². The molecule has 5 nitrogen and oxygen atoms in total. The maximum absolute atomic E-state index is 11.9. The van der Waals surface area contributed by atoms with Crippen molar-refractivity contribution in [1.29, 1.82) is 0 Å². The van der Waals surface area contributed by atoms with E-state index < -0.39 is 5.69 Å². The van der Waals surface area contributed by atoms with Crippen molar-refractivity contribution < 1.29 is 4.79 Å². The first kappa shape index (κ1) is 13.0. The third-order valence-electron chi connectivity index (χ3n) is 2.71. The third kappa shape index (κ3) is 3.28. The van der Waals surface area contributed by atoms with Gasteiger partial charge < -0.3 is 5.32 Å². The predicted octanol–water partition coefficient (Wildman–Crippen LogP) is 1.50. The van der Waals surface area contributed by atoms with Crippen LogP contribution in [0.1, 0.15) is 11.4 Å². The van der Waals surface area contributed by atoms with Crippen molar-refractivity contribution in [2.24, 2.45) is 0 Å². The summed E-state index contributed by atoms with van der Waals surface area (Å²) in [5.74, 6) is -0.248. The first-order valence-corrected chi connectivity index (χ1v) is 5.96. The van der Waals surface area contributed by atoms with Crippen LogP contribution in [0.25, 0.3) is 0 Å². The van der Waals surface area contributed by atoms with Crippen molar-refractivity contribution in [3.05, 3.63) is 58.3 Å². The number of para-hydroxylation sites is 1. The monoisotopic (exact) mass is 257 g/mol. The van der Waals surface area contributed by atoms with Gasteiger partial charge in [-0.2, -0.15) is 4.98 Å². The van der Waals surface area contributed by atoms with Gasteiger partial charge in [0.25, 0.3) is 0 Å². The molecule has 98 valence electrons. The molecular formula is C14H15N3O2. The lowest BCUT2D eigenvalue weighted by molar-refractivity contribution is -0.116. The Balaban J connectivity index is 2.14. The van der Waals surface area contributed by atoms with Gasteiger partial charge in [-0.25, -0.2) is 4.79 Å². The molecule has 0 spiro atoms. The molecule has 19 heavy (non-hydrogen) atoms. The molecule has 0 fully saturated rings. The van der Waals surface area contributed by atoms with E-state index in [9.17, 15) is 9.59 Å². The lowest BCUT2D eigenvalue weighted by Crippen LogP contribution is -2.31. The zero-order chi connectivity index (χ0) is 13.8. The number of carbonyl (C=O) groups is 1. The second kappa shape index (κ2) is 5.48. The summed E-state index contributed by atoms with van der Waals surface area (Å²) in [7, 11) is 0. The first-order chi connectivity index (χ1) is 9.06. The topological polar surface area (TPSA) is 64.0 Å². The largest absolute Gasteiger partial charge is 0.348 e. The molecule has 2 aromatic rings. The molecule has 1 heterocycles. The number of amides is 1. The van der Waals surface area contributed by atoms with Crippen molar-refractivity contribution in [3.8, 4) is 0 Å². The Kier molecular flexibility index (Phi) is 3.75. The Morgan fingerprint density at radius 1 is 1.26 bits per heavy atom. The molecule has 0 aliphatic heterocycles. The molecule has 0 radical (unpaired) electrons. The summed E-state index contributed by atoms with van der Waals surface area (Å²) < 4.78 is 1.35. The number of nitrogens with one attached hydrogen (secondary N) is 1. The van der Waals surface area contributed by atoms with Crippen molar-refractivity contribution in [1.82, 2.24) is 9.55 Å². The molecule has 1 aromatic heterocycles. The number of anilines is 1. The van der Waals surface area contributed by atoms with Gasteiger partial charge in [-0.15, -0.1) is 0 Å². The highest BCUT2D eigenvalue weighted by Gasteiger charge is 2.08. The minimum atomic E-state index is -0.402. The SMILES string of the molecule is Cc1cc(C)n(CC(=O)Nc2ccccc2)c(=O)n1. The fourth-order valence-electron chi connectivity index (χ4n) is 1.83. The molecule has 0 saturated heterocycles. The fraction of sp³-hybridized carbons (Fsp3) is 0.214. The summed E-state index contributed by atoms with van der Waals surface area (Å²) in [5, 5.41) is 2.73. The van der Waals surface area contributed by atoms with E-state index in [4.69, 9.17) is 0 Å². The van der Waals surface area contributed by atoms with Gasteiger partial charge in [0.2, 0.25) is 5.91 Å². The Labute approximate surface area is 110 Å². The highest BCUT2D eigenvalue weighted by molar-refractivity contribution is 5.90. The molecule has 0 aliphatic rings. The van der Waals surface area contributed by atoms with E-state index >= 15 is 0 Å². The fourth-order valence-corrected chi connectivity index (χ4v) is 1.83. The van der Waals surface area contributed by atoms with Crippen molar-refractivity contribution >= 4 is 11.6 Å². The number of benzene rings is 1. The third-order valence-corrected chi connectivity index (χ3v) is 2.71. The molecule has 0 bridgehead atoms. The van der Waals surface area contributed by atoms with Crippen LogP contribution < -0.4 is 11.0 Å². The normalized spacial score (nSPS) is 10.2. The number of hydrogen-bond donors (Lipinski definition) is 1. The van der Waals surface area contributed by atoms with Crippen LogP contribution >= 0.6 is 0 Å². The van der Waals surface area contributed by atoms with Crippen LogP contribution in [0.2, 0.25) is 0 Å². The molecule has 0 unspecified atom stereocenters. The van der Waals surface area contributed by atoms with E-state index in [0.29, 0.717) is 11.4 Å². The van der Waals surface area contributed by atoms with E-state index in [-0.39, 0.29) is 12.5 Å². The second-order valence-electron chi connectivity index (χ2n) is 4.32. The molecule has 0 saturated carbocycles. The summed E-state index contributed by atoms with van der Waals surface area (Å²) in [5.41, 5.74) is 1.68. The molecular weight excluding hydrogens is 242 g/mol. The number of aryl methyl sites for hydroxylation is 2. The van der Waals surface area contributed by atoms with Gasteiger partial charge in [-0.3, -0.25) is 9.36 Å². The minimum Gasteiger partial charge on any atom is -0.325 e. The van der Waals surface area contributed by atoms with Crippen LogP contribution in [-0.2, 0) is 11.3 Å². The zero-order valence-corrected chi connectivity index (χ0v) is 10.9. The Hall–Kier alpha value is -2.43. The predicted molar refractivity (Wildman–Crippen MR) is 73.0 cm³/mol. The summed E-state index contributed by atoms with van der Waals surface area (Å²) in [6.45, 7) is 3.50. The summed E-state index contributed by atoms with van der Waals surface area (Å²) in [6.07, 6.45) is 0. The highest BCUT2D eigenvalue weighted by Crippen LogP contribution is 2.05. The smallest absolute Gasteiger partial charge is 0.325 e. The van der Waals surface area contributed by atoms with Gasteiger partial charge in [0.05, 0.1) is 0 Å². The lowest BCUT2D eigenvalue weighted by Gasteiger charge is -2.10. The molecule has 0 atom stereocenters. The quantitative estimate of drug-likeness (QED) is 0.906. The number of aromatic nitrogens is 2. The maximum atomic E-state index is 11.9. The molecule has 0 aliphatic carbocycles. The summed E-state index contributed by atoms with van der Waals surface area (Å²) >= 11 is 0. The van der Waals surface area contributed by atoms with E-state index in [1.165, 1.54) is 4.57 Å². The highest BCUT2D eigenvalue weighted by atomic mass is 16.2. The Morgan fingerprint density at radius 2 is 1.95 bits per heavy atom. The van der Waals surface area contributed by atoms with Gasteiger partial charge in [0.1, 0.15) is 6.54 Å². The van der Waals surface area contributed by atoms with E-state index in [1.807, 2.05) is 18.2 Å². The molecule has 1 N–H and O–H groups in total. The summed E-state index contributed by atoms with van der Waals surface area (Å²) in [4.78, 5) is 27.4. The van der Waals surface area contributed by atoms with Crippen LogP contribution in [0.15, 0.2) is 41.2 Å². The first-order valence-electron chi connectivity index (χ1n) is 5.96. The van der Waals surface area contributed by atoms with Crippen LogP contribution in [0.5, 0.6) is 0 Å². The minimum absolute atomic E-state index is 0.0349. The van der Waals surface area contributed by atoms with E-state index in [2.05, 4.69) is 10.3 Å². The molecule has 5 heteroatoms. The van der Waals surface area contributed by atoms with Gasteiger partial charge >= 0.3 is 5.69 Å². The number of hydrogen-bond acceptors (Lipinski definition) is 3. The zero-order valence-electron chi connectivity index (χ0n) is 10.9. The Bertz CT molecular complexity index is 647. The number of rotatable bonds is 3. The van der Waals surface area contributed by atoms with E-state index in [1.54, 1.807) is 32.0 Å². The summed E-state index contributed by atoms with van der Waals surface area (Å²) in [6, 6.07) is 10.9. The number of carbonyl (C=O) groups excluding carboxylic acids is 1. The average molecular weight is 257 g/mol. The second-order valence-corrected chi connectivity index (χ2v) is 4.32. The standard InChI is InChI=1S/C14H15N3O2/c1-10-8-11(2)17(14(19)15-10)9-13(18)16-12-6-4-3-5-7-12/h3-8H,9H2,1-2H3,(H,16,18). The molecule has 1 aromatic carbocycles. The lowest BCUT2D eigenvalue weighted by atomic mass is 10.3. The van der Waals surface area contributed by atoms with Crippen LogP contribution in [0.3, 0.4) is 0 Å². The molecule has 1 amide bonds. The van der Waals surface area contributed by atoms with Gasteiger partial charge in [0, 0.05) is 17.1 Å². The van der Waals surface area contributed by atoms with Gasteiger partial charge in [0.15, 0.2) is 0 Å². The van der Waals surface area contributed by atoms with Gasteiger partial charge in [-0.1, -0.05) is 18.2 Å².